The first-order valence-electron chi connectivity index (χ1n) is 7.51. The second kappa shape index (κ2) is 5.54. The largest absolute Gasteiger partial charge is 0.367 e. The Hall–Kier alpha value is -1.02. The van der Waals surface area contributed by atoms with Gasteiger partial charge >= 0.3 is 0 Å². The highest BCUT2D eigenvalue weighted by Gasteiger charge is 2.31. The topological polar surface area (TPSA) is 15.3 Å². The molecule has 2 heteroatoms. The van der Waals surface area contributed by atoms with E-state index in [1.807, 2.05) is 0 Å². The minimum absolute atomic E-state index is 0.285. The van der Waals surface area contributed by atoms with Crippen molar-refractivity contribution in [2.45, 2.75) is 53.1 Å². The van der Waals surface area contributed by atoms with Crippen LogP contribution in [0, 0.1) is 5.41 Å². The maximum atomic E-state index is 3.66. The van der Waals surface area contributed by atoms with E-state index < -0.39 is 0 Å². The highest BCUT2D eigenvalue weighted by molar-refractivity contribution is 5.59. The molecule has 106 valence electrons. The molecule has 0 saturated carbocycles. The van der Waals surface area contributed by atoms with Crippen LogP contribution in [0.25, 0.3) is 0 Å². The van der Waals surface area contributed by atoms with Crippen molar-refractivity contribution in [1.82, 2.24) is 5.32 Å². The molecule has 1 aliphatic heterocycles. The van der Waals surface area contributed by atoms with Gasteiger partial charge in [0.2, 0.25) is 0 Å². The zero-order chi connectivity index (χ0) is 14.0. The molecule has 2 atom stereocenters. The number of nitrogens with one attached hydrogen (secondary N) is 1. The quantitative estimate of drug-likeness (QED) is 0.892. The number of nitrogens with zero attached hydrogens (tertiary/aromatic N) is 1. The van der Waals surface area contributed by atoms with Crippen LogP contribution in [0.2, 0.25) is 0 Å². The van der Waals surface area contributed by atoms with Crippen LogP contribution in [0.4, 0.5) is 5.69 Å². The molecule has 19 heavy (non-hydrogen) atoms. The van der Waals surface area contributed by atoms with Crippen LogP contribution < -0.4 is 10.2 Å². The molecular formula is C17H28N2. The molecule has 1 heterocycles. The molecule has 0 aliphatic carbocycles. The molecule has 2 nitrogen and oxygen atoms in total. The molecule has 0 radical (unpaired) electrons. The summed E-state index contributed by atoms with van der Waals surface area (Å²) in [7, 11) is 0. The van der Waals surface area contributed by atoms with E-state index in [1.165, 1.54) is 17.7 Å². The zero-order valence-electron chi connectivity index (χ0n) is 13.0. The minimum atomic E-state index is 0.285. The molecular weight excluding hydrogens is 232 g/mol. The van der Waals surface area contributed by atoms with Gasteiger partial charge in [-0.3, -0.25) is 0 Å². The van der Waals surface area contributed by atoms with Crippen molar-refractivity contribution in [2.24, 2.45) is 5.41 Å². The van der Waals surface area contributed by atoms with Crippen LogP contribution in [0.15, 0.2) is 24.3 Å². The number of para-hydroxylation sites is 1. The Kier molecular flexibility index (Phi) is 4.19. The molecule has 2 rings (SSSR count). The number of fused-ring (bicyclic) bond motifs is 1. The van der Waals surface area contributed by atoms with Crippen molar-refractivity contribution < 1.29 is 0 Å². The number of anilines is 1. The van der Waals surface area contributed by atoms with Gasteiger partial charge in [-0.15, -0.1) is 0 Å². The van der Waals surface area contributed by atoms with Crippen LogP contribution >= 0.6 is 0 Å². The van der Waals surface area contributed by atoms with Crippen molar-refractivity contribution in [2.75, 3.05) is 18.0 Å². The molecule has 0 aromatic heterocycles. The molecule has 0 fully saturated rings. The lowest BCUT2D eigenvalue weighted by Gasteiger charge is -2.37. The second-order valence-corrected chi connectivity index (χ2v) is 6.81. The SMILES string of the molecule is CCNC(CN1c2ccccc2CC1C)C(C)(C)C. The number of rotatable bonds is 4. The van der Waals surface area contributed by atoms with Gasteiger partial charge in [-0.05, 0) is 36.9 Å². The summed E-state index contributed by atoms with van der Waals surface area (Å²) in [5, 5.41) is 3.66. The molecule has 2 unspecified atom stereocenters. The number of hydrogen-bond acceptors (Lipinski definition) is 2. The Balaban J connectivity index is 2.18. The molecule has 1 aromatic rings. The van der Waals surface area contributed by atoms with E-state index in [-0.39, 0.29) is 5.41 Å². The molecule has 1 aromatic carbocycles. The Morgan fingerprint density at radius 1 is 1.32 bits per heavy atom. The fourth-order valence-electron chi connectivity index (χ4n) is 3.00. The van der Waals surface area contributed by atoms with E-state index in [0.717, 1.165) is 13.1 Å². The van der Waals surface area contributed by atoms with Crippen molar-refractivity contribution in [3.63, 3.8) is 0 Å². The lowest BCUT2D eigenvalue weighted by Crippen LogP contribution is -2.50. The molecule has 0 bridgehead atoms. The van der Waals surface area contributed by atoms with Gasteiger partial charge in [-0.1, -0.05) is 45.9 Å². The summed E-state index contributed by atoms with van der Waals surface area (Å²) >= 11 is 0. The smallest absolute Gasteiger partial charge is 0.0402 e. The summed E-state index contributed by atoms with van der Waals surface area (Å²) in [4.78, 5) is 2.58. The van der Waals surface area contributed by atoms with Gasteiger partial charge in [0.25, 0.3) is 0 Å². The van der Waals surface area contributed by atoms with Crippen LogP contribution in [0.3, 0.4) is 0 Å². The van der Waals surface area contributed by atoms with Crippen molar-refractivity contribution in [3.05, 3.63) is 29.8 Å². The summed E-state index contributed by atoms with van der Waals surface area (Å²) in [6.45, 7) is 13.6. The Morgan fingerprint density at radius 3 is 2.63 bits per heavy atom. The predicted octanol–water partition coefficient (Wildman–Crippen LogP) is 3.46. The summed E-state index contributed by atoms with van der Waals surface area (Å²) in [5.41, 5.74) is 3.22. The van der Waals surface area contributed by atoms with Crippen molar-refractivity contribution >= 4 is 5.69 Å². The third kappa shape index (κ3) is 3.11. The van der Waals surface area contributed by atoms with Crippen LogP contribution in [0.1, 0.15) is 40.2 Å². The molecule has 1 aliphatic rings. The lowest BCUT2D eigenvalue weighted by atomic mass is 9.86. The average Bonchev–Trinajstić information content (AvgIpc) is 2.64. The maximum Gasteiger partial charge on any atom is 0.0402 e. The van der Waals surface area contributed by atoms with E-state index in [2.05, 4.69) is 69.1 Å². The van der Waals surface area contributed by atoms with Gasteiger partial charge in [-0.2, -0.15) is 0 Å². The van der Waals surface area contributed by atoms with Gasteiger partial charge in [0, 0.05) is 24.3 Å². The summed E-state index contributed by atoms with van der Waals surface area (Å²) in [6, 6.07) is 9.98. The van der Waals surface area contributed by atoms with Gasteiger partial charge in [0.15, 0.2) is 0 Å². The summed E-state index contributed by atoms with van der Waals surface area (Å²) in [6.07, 6.45) is 1.18. The van der Waals surface area contributed by atoms with Gasteiger partial charge < -0.3 is 10.2 Å². The minimum Gasteiger partial charge on any atom is -0.367 e. The molecule has 0 saturated heterocycles. The summed E-state index contributed by atoms with van der Waals surface area (Å²) < 4.78 is 0. The average molecular weight is 260 g/mol. The lowest BCUT2D eigenvalue weighted by molar-refractivity contribution is 0.271. The Morgan fingerprint density at radius 2 is 2.00 bits per heavy atom. The third-order valence-electron chi connectivity index (χ3n) is 4.22. The molecule has 0 amide bonds. The highest BCUT2D eigenvalue weighted by atomic mass is 15.2. The monoisotopic (exact) mass is 260 g/mol. The van der Waals surface area contributed by atoms with Crippen molar-refractivity contribution in [3.8, 4) is 0 Å². The molecule has 1 N–H and O–H groups in total. The van der Waals surface area contributed by atoms with Crippen LogP contribution in [-0.2, 0) is 6.42 Å². The van der Waals surface area contributed by atoms with E-state index >= 15 is 0 Å². The standard InChI is InChI=1S/C17H28N2/c1-6-18-16(17(3,4)5)12-19-13(2)11-14-9-7-8-10-15(14)19/h7-10,13,16,18H,6,11-12H2,1-5H3. The number of hydrogen-bond donors (Lipinski definition) is 1. The fraction of sp³-hybridized carbons (Fsp3) is 0.647. The zero-order valence-corrected chi connectivity index (χ0v) is 13.0. The van der Waals surface area contributed by atoms with Gasteiger partial charge in [-0.25, -0.2) is 0 Å². The Labute approximate surface area is 118 Å². The normalized spacial score (nSPS) is 20.5. The van der Waals surface area contributed by atoms with Gasteiger partial charge in [0.1, 0.15) is 0 Å². The third-order valence-corrected chi connectivity index (χ3v) is 4.22. The highest BCUT2D eigenvalue weighted by Crippen LogP contribution is 2.33. The van der Waals surface area contributed by atoms with E-state index in [4.69, 9.17) is 0 Å². The molecule has 0 spiro atoms. The van der Waals surface area contributed by atoms with Gasteiger partial charge in [0.05, 0.1) is 0 Å². The predicted molar refractivity (Wildman–Crippen MR) is 83.9 cm³/mol. The van der Waals surface area contributed by atoms with Crippen LogP contribution in [0.5, 0.6) is 0 Å². The second-order valence-electron chi connectivity index (χ2n) is 6.81. The first kappa shape index (κ1) is 14.4. The van der Waals surface area contributed by atoms with Crippen molar-refractivity contribution in [1.29, 1.82) is 0 Å². The van der Waals surface area contributed by atoms with Crippen LogP contribution in [-0.4, -0.2) is 25.2 Å². The first-order chi connectivity index (χ1) is 8.93. The Bertz CT molecular complexity index is 420. The number of benzene rings is 1. The maximum absolute atomic E-state index is 3.66. The van der Waals surface area contributed by atoms with E-state index in [0.29, 0.717) is 12.1 Å². The first-order valence-corrected chi connectivity index (χ1v) is 7.51. The van der Waals surface area contributed by atoms with E-state index in [1.54, 1.807) is 0 Å². The number of likely N-dealkylation sites (N-methyl/N-ethyl adjacent to an activating group) is 1. The summed E-state index contributed by atoms with van der Waals surface area (Å²) in [5.74, 6) is 0. The van der Waals surface area contributed by atoms with E-state index in [9.17, 15) is 0 Å². The fourth-order valence-corrected chi connectivity index (χ4v) is 3.00.